The van der Waals surface area contributed by atoms with Gasteiger partial charge in [0.25, 0.3) is 0 Å². The Morgan fingerprint density at radius 2 is 2.15 bits per heavy atom. The van der Waals surface area contributed by atoms with E-state index in [1.54, 1.807) is 0 Å². The highest BCUT2D eigenvalue weighted by molar-refractivity contribution is 5.49. The number of rotatable bonds is 2. The number of hydrogen-bond donors (Lipinski definition) is 0. The summed E-state index contributed by atoms with van der Waals surface area (Å²) < 4.78 is 0. The highest BCUT2D eigenvalue weighted by Crippen LogP contribution is 2.17. The maximum atomic E-state index is 8.55. The van der Waals surface area contributed by atoms with Crippen molar-refractivity contribution in [2.24, 2.45) is 0 Å². The van der Waals surface area contributed by atoms with Gasteiger partial charge in [0.05, 0.1) is 12.6 Å². The van der Waals surface area contributed by atoms with Gasteiger partial charge < -0.3 is 4.90 Å². The van der Waals surface area contributed by atoms with Gasteiger partial charge in [0.2, 0.25) is 0 Å². The Balaban J connectivity index is 1.97. The van der Waals surface area contributed by atoms with E-state index in [0.29, 0.717) is 0 Å². The molecule has 1 aliphatic heterocycles. The maximum Gasteiger partial charge on any atom is 0.134 e. The standard InChI is InChI=1S/C11H10N2/c12-8-11-9-13(11)7-6-10-4-2-1-3-5-10/h1-7,11H,9H2/b7-6+. The van der Waals surface area contributed by atoms with E-state index in [2.05, 4.69) is 6.07 Å². The molecule has 0 spiro atoms. The predicted octanol–water partition coefficient (Wildman–Crippen LogP) is 1.87. The van der Waals surface area contributed by atoms with E-state index in [9.17, 15) is 0 Å². The van der Waals surface area contributed by atoms with Crippen LogP contribution in [-0.2, 0) is 0 Å². The molecule has 0 amide bonds. The molecule has 1 fully saturated rings. The van der Waals surface area contributed by atoms with Crippen LogP contribution >= 0.6 is 0 Å². The van der Waals surface area contributed by atoms with Crippen LogP contribution in [0.4, 0.5) is 0 Å². The minimum atomic E-state index is 0.111. The van der Waals surface area contributed by atoms with E-state index in [0.717, 1.165) is 6.54 Å². The summed E-state index contributed by atoms with van der Waals surface area (Å²) in [5.74, 6) is 0. The summed E-state index contributed by atoms with van der Waals surface area (Å²) in [6, 6.07) is 12.4. The van der Waals surface area contributed by atoms with E-state index in [1.165, 1.54) is 5.56 Å². The van der Waals surface area contributed by atoms with Crippen molar-refractivity contribution >= 4 is 6.08 Å². The molecule has 2 rings (SSSR count). The molecule has 2 nitrogen and oxygen atoms in total. The summed E-state index contributed by atoms with van der Waals surface area (Å²) in [5, 5.41) is 8.55. The zero-order valence-electron chi connectivity index (χ0n) is 7.22. The van der Waals surface area contributed by atoms with Crippen molar-refractivity contribution in [1.29, 1.82) is 5.26 Å². The van der Waals surface area contributed by atoms with E-state index in [-0.39, 0.29) is 6.04 Å². The first-order chi connectivity index (χ1) is 6.40. The van der Waals surface area contributed by atoms with Crippen LogP contribution in [0.3, 0.4) is 0 Å². The van der Waals surface area contributed by atoms with Crippen LogP contribution in [0, 0.1) is 11.3 Å². The lowest BCUT2D eigenvalue weighted by Crippen LogP contribution is -1.87. The molecule has 0 aromatic heterocycles. The van der Waals surface area contributed by atoms with Crippen LogP contribution in [-0.4, -0.2) is 17.5 Å². The van der Waals surface area contributed by atoms with Crippen molar-refractivity contribution in [2.75, 3.05) is 6.54 Å². The van der Waals surface area contributed by atoms with Gasteiger partial charge in [-0.05, 0) is 11.6 Å². The lowest BCUT2D eigenvalue weighted by molar-refractivity contribution is 0.738. The molecule has 1 atom stereocenters. The average molecular weight is 170 g/mol. The van der Waals surface area contributed by atoms with E-state index < -0.39 is 0 Å². The SMILES string of the molecule is N#CC1CN1/C=C/c1ccccc1. The largest absolute Gasteiger partial charge is 0.357 e. The number of benzene rings is 1. The first kappa shape index (κ1) is 7.88. The van der Waals surface area contributed by atoms with Crippen LogP contribution in [0.15, 0.2) is 36.5 Å². The van der Waals surface area contributed by atoms with Gasteiger partial charge in [0.15, 0.2) is 0 Å². The molecule has 13 heavy (non-hydrogen) atoms. The van der Waals surface area contributed by atoms with Crippen molar-refractivity contribution < 1.29 is 0 Å². The maximum absolute atomic E-state index is 8.55. The number of nitrogens with zero attached hydrogens (tertiary/aromatic N) is 2. The van der Waals surface area contributed by atoms with Crippen molar-refractivity contribution in [2.45, 2.75) is 6.04 Å². The molecule has 1 saturated heterocycles. The number of hydrogen-bond acceptors (Lipinski definition) is 2. The third-order valence-electron chi connectivity index (χ3n) is 2.06. The molecular weight excluding hydrogens is 160 g/mol. The smallest absolute Gasteiger partial charge is 0.134 e. The Hall–Kier alpha value is -1.75. The second-order valence-corrected chi connectivity index (χ2v) is 3.07. The summed E-state index contributed by atoms with van der Waals surface area (Å²) in [4.78, 5) is 2.01. The summed E-state index contributed by atoms with van der Waals surface area (Å²) in [5.41, 5.74) is 1.17. The van der Waals surface area contributed by atoms with Gasteiger partial charge >= 0.3 is 0 Å². The first-order valence-electron chi connectivity index (χ1n) is 4.29. The molecule has 2 heteroatoms. The Bertz CT molecular complexity index is 348. The van der Waals surface area contributed by atoms with E-state index in [4.69, 9.17) is 5.26 Å². The Morgan fingerprint density at radius 3 is 2.77 bits per heavy atom. The van der Waals surface area contributed by atoms with E-state index >= 15 is 0 Å². The third kappa shape index (κ3) is 1.88. The summed E-state index contributed by atoms with van der Waals surface area (Å²) in [6.07, 6.45) is 4.00. The Kier molecular flexibility index (Phi) is 2.01. The van der Waals surface area contributed by atoms with Crippen LogP contribution in [0.2, 0.25) is 0 Å². The summed E-state index contributed by atoms with van der Waals surface area (Å²) in [6.45, 7) is 0.875. The zero-order valence-corrected chi connectivity index (χ0v) is 7.22. The molecule has 1 aliphatic rings. The van der Waals surface area contributed by atoms with Gasteiger partial charge in [0.1, 0.15) is 6.04 Å². The lowest BCUT2D eigenvalue weighted by Gasteiger charge is -1.92. The van der Waals surface area contributed by atoms with Gasteiger partial charge in [-0.3, -0.25) is 0 Å². The molecule has 1 unspecified atom stereocenters. The van der Waals surface area contributed by atoms with Gasteiger partial charge in [-0.25, -0.2) is 0 Å². The second kappa shape index (κ2) is 3.32. The molecule has 64 valence electrons. The van der Waals surface area contributed by atoms with Gasteiger partial charge in [-0.1, -0.05) is 30.3 Å². The third-order valence-corrected chi connectivity index (χ3v) is 2.06. The van der Waals surface area contributed by atoms with Gasteiger partial charge in [-0.15, -0.1) is 0 Å². The van der Waals surface area contributed by atoms with Crippen molar-refractivity contribution in [3.05, 3.63) is 42.1 Å². The predicted molar refractivity (Wildman–Crippen MR) is 51.6 cm³/mol. The normalized spacial score (nSPS) is 20.2. The van der Waals surface area contributed by atoms with Gasteiger partial charge in [-0.2, -0.15) is 5.26 Å². The molecule has 1 aromatic rings. The average Bonchev–Trinajstić information content (AvgIpc) is 2.95. The lowest BCUT2D eigenvalue weighted by atomic mass is 10.2. The van der Waals surface area contributed by atoms with Crippen LogP contribution < -0.4 is 0 Å². The van der Waals surface area contributed by atoms with Crippen molar-refractivity contribution in [3.8, 4) is 6.07 Å². The fraction of sp³-hybridized carbons (Fsp3) is 0.182. The minimum absolute atomic E-state index is 0.111. The molecule has 0 N–H and O–H groups in total. The first-order valence-corrected chi connectivity index (χ1v) is 4.29. The molecule has 1 heterocycles. The topological polar surface area (TPSA) is 26.8 Å². The monoisotopic (exact) mass is 170 g/mol. The minimum Gasteiger partial charge on any atom is -0.357 e. The fourth-order valence-corrected chi connectivity index (χ4v) is 1.18. The highest BCUT2D eigenvalue weighted by Gasteiger charge is 2.29. The van der Waals surface area contributed by atoms with Crippen LogP contribution in [0.1, 0.15) is 5.56 Å². The summed E-state index contributed by atoms with van der Waals surface area (Å²) in [7, 11) is 0. The quantitative estimate of drug-likeness (QED) is 0.633. The Morgan fingerprint density at radius 1 is 1.38 bits per heavy atom. The molecule has 1 aromatic carbocycles. The number of nitriles is 1. The van der Waals surface area contributed by atoms with Crippen LogP contribution in [0.5, 0.6) is 0 Å². The zero-order chi connectivity index (χ0) is 9.10. The Labute approximate surface area is 77.7 Å². The second-order valence-electron chi connectivity index (χ2n) is 3.07. The van der Waals surface area contributed by atoms with Gasteiger partial charge in [0, 0.05) is 6.20 Å². The van der Waals surface area contributed by atoms with Crippen molar-refractivity contribution in [1.82, 2.24) is 4.90 Å². The molecule has 0 aliphatic carbocycles. The summed E-state index contributed by atoms with van der Waals surface area (Å²) >= 11 is 0. The highest BCUT2D eigenvalue weighted by atomic mass is 15.3. The van der Waals surface area contributed by atoms with Crippen molar-refractivity contribution in [3.63, 3.8) is 0 Å². The molecule has 0 saturated carbocycles. The fourth-order valence-electron chi connectivity index (χ4n) is 1.18. The van der Waals surface area contributed by atoms with Crippen LogP contribution in [0.25, 0.3) is 6.08 Å². The molecule has 0 bridgehead atoms. The molecular formula is C11H10N2. The molecule has 0 radical (unpaired) electrons. The van der Waals surface area contributed by atoms with E-state index in [1.807, 2.05) is 47.5 Å².